The van der Waals surface area contributed by atoms with Crippen molar-refractivity contribution in [1.82, 2.24) is 0 Å². The van der Waals surface area contributed by atoms with Crippen LogP contribution in [-0.2, 0) is 71.3 Å². The minimum absolute atomic E-state index is 0.321. The lowest BCUT2D eigenvalue weighted by atomic mass is 10.0. The Balaban J connectivity index is -0.000000408. The van der Waals surface area contributed by atoms with Crippen LogP contribution in [0.2, 0.25) is 0 Å². The van der Waals surface area contributed by atoms with Crippen molar-refractivity contribution in [3.05, 3.63) is 60.8 Å². The molecule has 0 radical (unpaired) electrons. The van der Waals surface area contributed by atoms with Gasteiger partial charge in [-0.3, -0.25) is 0 Å². The second-order valence-corrected chi connectivity index (χ2v) is 29.3. The van der Waals surface area contributed by atoms with E-state index in [0.717, 1.165) is 65.1 Å². The van der Waals surface area contributed by atoms with Crippen LogP contribution >= 0.6 is 0 Å². The number of ether oxygens (including phenoxy) is 10. The van der Waals surface area contributed by atoms with Gasteiger partial charge in [-0.25, -0.2) is 24.0 Å². The first-order chi connectivity index (χ1) is 51.9. The van der Waals surface area contributed by atoms with Crippen molar-refractivity contribution >= 4 is 29.8 Å². The number of hydrogen-bond acceptors (Lipinski definition) is 15. The van der Waals surface area contributed by atoms with Crippen LogP contribution in [0.15, 0.2) is 60.8 Å². The summed E-state index contributed by atoms with van der Waals surface area (Å²) in [6, 6.07) is 0. The molecule has 0 aromatic rings. The van der Waals surface area contributed by atoms with Crippen molar-refractivity contribution in [1.29, 1.82) is 0 Å². The van der Waals surface area contributed by atoms with Crippen LogP contribution in [-0.4, -0.2) is 129 Å². The third-order valence-electron chi connectivity index (χ3n) is 17.8. The first-order valence-corrected chi connectivity index (χ1v) is 43.9. The molecule has 15 heteroatoms. The van der Waals surface area contributed by atoms with Gasteiger partial charge in [0, 0.05) is 60.9 Å². The molecule has 0 bridgehead atoms. The van der Waals surface area contributed by atoms with Crippen molar-refractivity contribution in [2.45, 2.75) is 403 Å². The molecule has 0 unspecified atom stereocenters. The highest BCUT2D eigenvalue weighted by molar-refractivity contribution is 5.88. The van der Waals surface area contributed by atoms with Crippen LogP contribution in [0.4, 0.5) is 0 Å². The van der Waals surface area contributed by atoms with Gasteiger partial charge in [0.2, 0.25) is 0 Å². The van der Waals surface area contributed by atoms with Crippen molar-refractivity contribution in [2.24, 2.45) is 0 Å². The number of carbonyl (C=O) groups excluding carboxylic acids is 5. The largest absolute Gasteiger partial charge is 0.460 e. The summed E-state index contributed by atoms with van der Waals surface area (Å²) in [4.78, 5) is 55.4. The molecule has 107 heavy (non-hydrogen) atoms. The van der Waals surface area contributed by atoms with Gasteiger partial charge in [0.15, 0.2) is 0 Å². The lowest BCUT2D eigenvalue weighted by molar-refractivity contribution is -0.141. The Kier molecular flexibility index (Phi) is 102. The molecule has 0 atom stereocenters. The van der Waals surface area contributed by atoms with Gasteiger partial charge in [0.1, 0.15) is 33.0 Å². The third-order valence-corrected chi connectivity index (χ3v) is 17.8. The van der Waals surface area contributed by atoms with Crippen molar-refractivity contribution in [3.8, 4) is 0 Å². The fourth-order valence-electron chi connectivity index (χ4n) is 10.9. The van der Waals surface area contributed by atoms with Gasteiger partial charge in [-0.2, -0.15) is 0 Å². The second-order valence-electron chi connectivity index (χ2n) is 29.3. The summed E-state index contributed by atoms with van der Waals surface area (Å²) in [7, 11) is 0. The summed E-state index contributed by atoms with van der Waals surface area (Å²) in [5.41, 5.74) is 2.17. The quantitative estimate of drug-likeness (QED) is 0.0243. The molecule has 0 aliphatic heterocycles. The number of rotatable bonds is 77. The highest BCUT2D eigenvalue weighted by Gasteiger charge is 2.07. The monoisotopic (exact) mass is 1520 g/mol. The molecule has 632 valence electrons. The molecular formula is C92H174O15. The standard InChI is InChI=1S/C24H46O3.3C18H34O3.C14H26O3/c1-4-5-6-7-8-9-10-11-12-13-14-15-16-17-18-19-20-26-21-22-27-24(25)23(2)3;3*1-4-5-6-7-8-9-10-11-12-13-14-20-15-16-21-18(19)17(2)3;1-4-5-6-7-8-9-10-16-11-12-17-14(15)13(2)3/h2,4-22H2,1,3H3;3*2,4-16H2,1,3H3;2,4-12H2,1,3H3. The van der Waals surface area contributed by atoms with Crippen LogP contribution in [0.5, 0.6) is 0 Å². The molecule has 0 rings (SSSR count). The Morgan fingerprint density at radius 3 is 0.364 bits per heavy atom. The Bertz CT molecular complexity index is 1840. The molecule has 0 spiro atoms. The van der Waals surface area contributed by atoms with E-state index in [2.05, 4.69) is 67.5 Å². The minimum atomic E-state index is -0.340. The number of hydrogen-bond donors (Lipinski definition) is 0. The number of carbonyl (C=O) groups is 5. The number of unbranched alkanes of at least 4 members (excludes halogenated alkanes) is 47. The van der Waals surface area contributed by atoms with Gasteiger partial charge in [-0.15, -0.1) is 0 Å². The number of esters is 5. The van der Waals surface area contributed by atoms with Gasteiger partial charge in [0.05, 0.1) is 33.0 Å². The van der Waals surface area contributed by atoms with Gasteiger partial charge >= 0.3 is 29.8 Å². The smallest absolute Gasteiger partial charge is 0.333 e. The van der Waals surface area contributed by atoms with Crippen molar-refractivity contribution < 1.29 is 71.3 Å². The zero-order chi connectivity index (χ0) is 80.2. The lowest BCUT2D eigenvalue weighted by Crippen LogP contribution is -2.11. The fourth-order valence-corrected chi connectivity index (χ4v) is 10.9. The van der Waals surface area contributed by atoms with Crippen LogP contribution in [0, 0.1) is 0 Å². The van der Waals surface area contributed by atoms with Crippen LogP contribution < -0.4 is 0 Å². The Hall–Kier alpha value is -4.15. The molecular weight excluding hydrogens is 1340 g/mol. The van der Waals surface area contributed by atoms with E-state index < -0.39 is 0 Å². The molecule has 15 nitrogen and oxygen atoms in total. The van der Waals surface area contributed by atoms with E-state index in [-0.39, 0.29) is 29.8 Å². The van der Waals surface area contributed by atoms with Crippen molar-refractivity contribution in [2.75, 3.05) is 99.1 Å². The molecule has 0 heterocycles. The predicted molar refractivity (Wildman–Crippen MR) is 451 cm³/mol. The zero-order valence-electron chi connectivity index (χ0n) is 72.0. The van der Waals surface area contributed by atoms with Gasteiger partial charge in [0.25, 0.3) is 0 Å². The average molecular weight is 1520 g/mol. The van der Waals surface area contributed by atoms with Gasteiger partial charge in [-0.05, 0) is 66.7 Å². The molecule has 0 aliphatic carbocycles. The molecule has 0 saturated carbocycles. The van der Waals surface area contributed by atoms with E-state index >= 15 is 0 Å². The molecule has 0 amide bonds. The first-order valence-electron chi connectivity index (χ1n) is 43.9. The first kappa shape index (κ1) is 111. The highest BCUT2D eigenvalue weighted by Crippen LogP contribution is 2.17. The van der Waals surface area contributed by atoms with Gasteiger partial charge in [-0.1, -0.05) is 369 Å². The maximum atomic E-state index is 11.2. The molecule has 0 aliphatic rings. The Morgan fingerprint density at radius 2 is 0.262 bits per heavy atom. The summed E-state index contributed by atoms with van der Waals surface area (Å²) < 4.78 is 51.8. The second kappa shape index (κ2) is 97.9. The Morgan fingerprint density at radius 1 is 0.159 bits per heavy atom. The molecule has 0 N–H and O–H groups in total. The molecule has 0 fully saturated rings. The van der Waals surface area contributed by atoms with E-state index in [0.29, 0.717) is 93.9 Å². The van der Waals surface area contributed by atoms with E-state index in [1.807, 2.05) is 0 Å². The van der Waals surface area contributed by atoms with Crippen LogP contribution in [0.25, 0.3) is 0 Å². The summed E-state index contributed by atoms with van der Waals surface area (Å²) in [5, 5.41) is 0. The van der Waals surface area contributed by atoms with Gasteiger partial charge < -0.3 is 47.4 Å². The Labute approximate surface area is 660 Å². The highest BCUT2D eigenvalue weighted by atomic mass is 16.6. The van der Waals surface area contributed by atoms with Crippen LogP contribution in [0.3, 0.4) is 0 Å². The summed E-state index contributed by atoms with van der Waals surface area (Å²) >= 11 is 0. The SMILES string of the molecule is C=C(C)C(=O)OCCOCCCCCCCC.C=C(C)C(=O)OCCOCCCCCCCCCCCC.C=C(C)C(=O)OCCOCCCCCCCCCCCC.C=C(C)C(=O)OCCOCCCCCCCCCCCC.C=C(C)C(=O)OCCOCCCCCCCCCCCCCCCCCC. The third kappa shape index (κ3) is 106. The summed E-state index contributed by atoms with van der Waals surface area (Å²) in [6.07, 6.45) is 69.5. The summed E-state index contributed by atoms with van der Waals surface area (Å²) in [5.74, 6) is -1.68. The summed E-state index contributed by atoms with van der Waals surface area (Å²) in [6.45, 7) is 45.0. The molecule has 0 saturated heterocycles. The normalized spacial score (nSPS) is 10.6. The van der Waals surface area contributed by atoms with E-state index in [9.17, 15) is 24.0 Å². The zero-order valence-corrected chi connectivity index (χ0v) is 72.0. The maximum absolute atomic E-state index is 11.2. The maximum Gasteiger partial charge on any atom is 0.333 e. The van der Waals surface area contributed by atoms with Crippen molar-refractivity contribution in [3.63, 3.8) is 0 Å². The minimum Gasteiger partial charge on any atom is -0.460 e. The van der Waals surface area contributed by atoms with E-state index in [4.69, 9.17) is 47.4 Å². The van der Waals surface area contributed by atoms with E-state index in [1.54, 1.807) is 34.6 Å². The average Bonchev–Trinajstić information content (AvgIpc) is 1.20. The van der Waals surface area contributed by atoms with E-state index in [1.165, 1.54) is 302 Å². The predicted octanol–water partition coefficient (Wildman–Crippen LogP) is 26.0. The lowest BCUT2D eigenvalue weighted by Gasteiger charge is -2.06. The molecule has 0 aromatic carbocycles. The van der Waals surface area contributed by atoms with Crippen LogP contribution in [0.1, 0.15) is 403 Å². The topological polar surface area (TPSA) is 178 Å². The molecule has 0 aromatic heterocycles. The fraction of sp³-hybridized carbons (Fsp3) is 0.837.